The molecule has 15 heteroatoms. The maximum atomic E-state index is 14.0. The summed E-state index contributed by atoms with van der Waals surface area (Å²) in [6, 6.07) is 14.5. The van der Waals surface area contributed by atoms with Crippen molar-refractivity contribution in [3.8, 4) is 11.1 Å². The zero-order valence-electron chi connectivity index (χ0n) is 28.7. The number of aliphatic hydroxyl groups is 1. The lowest BCUT2D eigenvalue weighted by Crippen LogP contribution is -2.31. The first-order valence-electron chi connectivity index (χ1n) is 17.2. The molecule has 0 radical (unpaired) electrons. The summed E-state index contributed by atoms with van der Waals surface area (Å²) in [5.74, 6) is -1.79. The largest absolute Gasteiger partial charge is 0.480 e. The fourth-order valence-electron chi connectivity index (χ4n) is 7.02. The summed E-state index contributed by atoms with van der Waals surface area (Å²) in [6.45, 7) is 6.09. The molecule has 2 aliphatic heterocycles. The number of carboxylic acid groups (broad SMARTS) is 1. The second-order valence-corrected chi connectivity index (χ2v) is 13.3. The Morgan fingerprint density at radius 3 is 2.46 bits per heavy atom. The van der Waals surface area contributed by atoms with Crippen molar-refractivity contribution in [3.63, 3.8) is 0 Å². The number of hydrogen-bond donors (Lipinski definition) is 5. The van der Waals surface area contributed by atoms with Gasteiger partial charge in [-0.3, -0.25) is 29.5 Å². The summed E-state index contributed by atoms with van der Waals surface area (Å²) in [7, 11) is 0. The maximum absolute atomic E-state index is 14.0. The SMILES string of the molecule is Cc1c(NC(=O)c2cc3n(n2)CCC[C@@H]3NCC(=O)O)cccc1-c1cccc(Nc2nc(C(F)F)nc3cc(CN4CC[C@@H](O)C4)cnc23)c1C. The Labute approximate surface area is 298 Å². The van der Waals surface area contributed by atoms with Gasteiger partial charge in [-0.2, -0.15) is 5.10 Å². The number of likely N-dealkylation sites (tertiary alicyclic amines) is 1. The number of carboxylic acids is 1. The highest BCUT2D eigenvalue weighted by molar-refractivity contribution is 6.04. The van der Waals surface area contributed by atoms with Crippen molar-refractivity contribution < 1.29 is 28.6 Å². The van der Waals surface area contributed by atoms with E-state index in [0.29, 0.717) is 48.5 Å². The fraction of sp³-hybridized carbons (Fsp3) is 0.351. The standard InChI is InChI=1S/C37H39F2N9O4/c1-20-24(25-7-4-9-27(21(25)2)44-37(52)30-15-31-28(40-17-32(50)51)10-5-12-48(31)46-30)6-3-8-26(20)42-35-33-29(43-36(45-35)34(38)39)14-22(16-41-33)18-47-13-11-23(49)19-47/h3-4,6-9,14-16,23,28,34,40,49H,5,10-13,17-19H2,1-2H3,(H,44,52)(H,50,51)(H,42,43,45)/t23-,28+/m1/s1. The smallest absolute Gasteiger partial charge is 0.317 e. The predicted octanol–water partition coefficient (Wildman–Crippen LogP) is 5.51. The van der Waals surface area contributed by atoms with Crippen LogP contribution in [0.2, 0.25) is 0 Å². The van der Waals surface area contributed by atoms with Gasteiger partial charge in [-0.15, -0.1) is 0 Å². The normalized spacial score (nSPS) is 17.4. The van der Waals surface area contributed by atoms with E-state index in [1.54, 1.807) is 23.0 Å². The number of aliphatic carboxylic acids is 1. The number of aromatic nitrogens is 5. The highest BCUT2D eigenvalue weighted by atomic mass is 19.3. The van der Waals surface area contributed by atoms with Crippen molar-refractivity contribution in [3.05, 3.63) is 88.6 Å². The second-order valence-electron chi connectivity index (χ2n) is 13.3. The number of alkyl halides is 2. The molecule has 0 unspecified atom stereocenters. The van der Waals surface area contributed by atoms with E-state index in [1.807, 2.05) is 50.2 Å². The van der Waals surface area contributed by atoms with Crippen LogP contribution in [0.1, 0.15) is 70.4 Å². The van der Waals surface area contributed by atoms with E-state index < -0.39 is 18.2 Å². The molecule has 2 aromatic carbocycles. The third-order valence-corrected chi connectivity index (χ3v) is 9.68. The van der Waals surface area contributed by atoms with Crippen LogP contribution in [0, 0.1) is 13.8 Å². The maximum Gasteiger partial charge on any atom is 0.317 e. The van der Waals surface area contributed by atoms with Crippen LogP contribution in [0.5, 0.6) is 0 Å². The Balaban J connectivity index is 1.14. The number of benzene rings is 2. The van der Waals surface area contributed by atoms with Gasteiger partial charge < -0.3 is 20.8 Å². The molecule has 7 rings (SSSR count). The van der Waals surface area contributed by atoms with Gasteiger partial charge in [-0.1, -0.05) is 24.3 Å². The number of anilines is 3. The van der Waals surface area contributed by atoms with Crippen LogP contribution in [-0.2, 0) is 17.9 Å². The van der Waals surface area contributed by atoms with Crippen molar-refractivity contribution in [1.29, 1.82) is 0 Å². The number of fused-ring (bicyclic) bond motifs is 2. The highest BCUT2D eigenvalue weighted by Crippen LogP contribution is 2.36. The molecule has 2 aliphatic rings. The Bertz CT molecular complexity index is 2160. The van der Waals surface area contributed by atoms with Crippen LogP contribution >= 0.6 is 0 Å². The average molecular weight is 712 g/mol. The topological polar surface area (TPSA) is 170 Å². The van der Waals surface area contributed by atoms with Crippen molar-refractivity contribution in [2.45, 2.75) is 64.8 Å². The van der Waals surface area contributed by atoms with Gasteiger partial charge in [0.2, 0.25) is 0 Å². The van der Waals surface area contributed by atoms with Gasteiger partial charge in [0.1, 0.15) is 5.52 Å². The monoisotopic (exact) mass is 711 g/mol. The number of carbonyl (C=O) groups excluding carboxylic acids is 1. The molecule has 1 fully saturated rings. The molecule has 52 heavy (non-hydrogen) atoms. The first-order chi connectivity index (χ1) is 25.0. The third kappa shape index (κ3) is 7.33. The Hall–Kier alpha value is -5.38. The molecule has 5 heterocycles. The van der Waals surface area contributed by atoms with Crippen molar-refractivity contribution >= 4 is 40.1 Å². The fourth-order valence-corrected chi connectivity index (χ4v) is 7.02. The number of nitrogens with one attached hydrogen (secondary N) is 3. The van der Waals surface area contributed by atoms with E-state index in [1.165, 1.54) is 0 Å². The number of hydrogen-bond acceptors (Lipinski definition) is 10. The van der Waals surface area contributed by atoms with Crippen LogP contribution in [0.4, 0.5) is 26.0 Å². The molecule has 13 nitrogen and oxygen atoms in total. The zero-order valence-corrected chi connectivity index (χ0v) is 28.7. The molecule has 1 saturated heterocycles. The molecular weight excluding hydrogens is 672 g/mol. The van der Waals surface area contributed by atoms with Crippen molar-refractivity contribution in [2.24, 2.45) is 0 Å². The molecule has 0 bridgehead atoms. The van der Waals surface area contributed by atoms with Gasteiger partial charge in [-0.05, 0) is 85.2 Å². The molecular formula is C37H39F2N9O4. The number of halogens is 2. The lowest BCUT2D eigenvalue weighted by Gasteiger charge is -2.23. The average Bonchev–Trinajstić information content (AvgIpc) is 3.75. The van der Waals surface area contributed by atoms with Gasteiger partial charge in [0.15, 0.2) is 17.3 Å². The molecule has 0 saturated carbocycles. The van der Waals surface area contributed by atoms with E-state index in [-0.39, 0.29) is 36.1 Å². The molecule has 5 aromatic rings. The van der Waals surface area contributed by atoms with E-state index >= 15 is 0 Å². The molecule has 2 atom stereocenters. The highest BCUT2D eigenvalue weighted by Gasteiger charge is 2.26. The van der Waals surface area contributed by atoms with Crippen LogP contribution in [0.3, 0.4) is 0 Å². The second kappa shape index (κ2) is 14.7. The Morgan fingerprint density at radius 1 is 1.00 bits per heavy atom. The van der Waals surface area contributed by atoms with E-state index in [0.717, 1.165) is 52.9 Å². The minimum absolute atomic E-state index is 0.157. The van der Waals surface area contributed by atoms with E-state index in [2.05, 4.69) is 40.9 Å². The van der Waals surface area contributed by atoms with Gasteiger partial charge in [-0.25, -0.2) is 18.7 Å². The summed E-state index contributed by atoms with van der Waals surface area (Å²) in [4.78, 5) is 39.5. The summed E-state index contributed by atoms with van der Waals surface area (Å²) in [6.07, 6.45) is 0.665. The first kappa shape index (κ1) is 35.0. The number of amides is 1. The third-order valence-electron chi connectivity index (χ3n) is 9.68. The number of carbonyl (C=O) groups is 2. The summed E-state index contributed by atoms with van der Waals surface area (Å²) in [5.41, 5.74) is 7.05. The first-order valence-corrected chi connectivity index (χ1v) is 17.2. The predicted molar refractivity (Wildman–Crippen MR) is 191 cm³/mol. The molecule has 1 amide bonds. The quantitative estimate of drug-likeness (QED) is 0.117. The van der Waals surface area contributed by atoms with Gasteiger partial charge in [0, 0.05) is 49.8 Å². The summed E-state index contributed by atoms with van der Waals surface area (Å²) < 4.78 is 29.8. The molecule has 3 aromatic heterocycles. The van der Waals surface area contributed by atoms with E-state index in [4.69, 9.17) is 5.11 Å². The van der Waals surface area contributed by atoms with Gasteiger partial charge >= 0.3 is 5.97 Å². The number of pyridine rings is 1. The number of aliphatic hydroxyl groups excluding tert-OH is 1. The molecule has 5 N–H and O–H groups in total. The summed E-state index contributed by atoms with van der Waals surface area (Å²) >= 11 is 0. The van der Waals surface area contributed by atoms with Gasteiger partial charge in [0.05, 0.1) is 23.9 Å². The molecule has 0 spiro atoms. The van der Waals surface area contributed by atoms with E-state index in [9.17, 15) is 23.5 Å². The summed E-state index contributed by atoms with van der Waals surface area (Å²) in [5, 5.41) is 32.8. The van der Waals surface area contributed by atoms with Crippen LogP contribution in [0.15, 0.2) is 54.7 Å². The Morgan fingerprint density at radius 2 is 1.75 bits per heavy atom. The minimum atomic E-state index is -2.89. The Kier molecular flexibility index (Phi) is 9.90. The number of β-amino-alcohol motifs (C(OH)–C–C–N with tert-alkyl or cyclic N) is 1. The number of nitrogens with zero attached hydrogens (tertiary/aromatic N) is 6. The number of rotatable bonds is 11. The molecule has 0 aliphatic carbocycles. The lowest BCUT2D eigenvalue weighted by molar-refractivity contribution is -0.136. The van der Waals surface area contributed by atoms with Crippen molar-refractivity contribution in [2.75, 3.05) is 30.3 Å². The lowest BCUT2D eigenvalue weighted by atomic mass is 9.94. The minimum Gasteiger partial charge on any atom is -0.480 e. The van der Waals surface area contributed by atoms with Crippen LogP contribution in [0.25, 0.3) is 22.2 Å². The zero-order chi connectivity index (χ0) is 36.5. The van der Waals surface area contributed by atoms with Crippen LogP contribution in [-0.4, -0.2) is 77.5 Å². The van der Waals surface area contributed by atoms with Crippen molar-refractivity contribution in [1.82, 2.24) is 34.9 Å². The van der Waals surface area contributed by atoms with Crippen LogP contribution < -0.4 is 16.0 Å². The molecule has 270 valence electrons. The number of aryl methyl sites for hydroxylation is 1. The van der Waals surface area contributed by atoms with Gasteiger partial charge in [0.25, 0.3) is 12.3 Å².